The maximum atomic E-state index is 13.6. The van der Waals surface area contributed by atoms with Crippen molar-refractivity contribution in [2.75, 3.05) is 11.5 Å². The van der Waals surface area contributed by atoms with Crippen LogP contribution in [0, 0.1) is 6.92 Å². The van der Waals surface area contributed by atoms with Crippen molar-refractivity contribution >= 4 is 34.4 Å². The summed E-state index contributed by atoms with van der Waals surface area (Å²) >= 11 is 0. The third-order valence-corrected chi connectivity index (χ3v) is 7.05. The lowest BCUT2D eigenvalue weighted by atomic mass is 9.94. The highest BCUT2D eigenvalue weighted by Crippen LogP contribution is 2.42. The number of nitrogens with zero attached hydrogens (tertiary/aromatic N) is 2. The van der Waals surface area contributed by atoms with Crippen molar-refractivity contribution in [2.45, 2.75) is 45.8 Å². The fourth-order valence-corrected chi connectivity index (χ4v) is 5.25. The minimum absolute atomic E-state index is 0.00541. The van der Waals surface area contributed by atoms with Gasteiger partial charge in [0.1, 0.15) is 17.3 Å². The SMILES string of the molecule is Cc1ccc2nc(N3C(=O)C(=O)/C(=C(/O)c4ccc5c(c4)CCCO5)C3c3ccc(OC(C)C)cc3)[nH]c2c1. The Kier molecular flexibility index (Phi) is 6.10. The number of ketones is 1. The molecule has 1 unspecified atom stereocenters. The minimum atomic E-state index is -0.896. The van der Waals surface area contributed by atoms with E-state index in [-0.39, 0.29) is 23.4 Å². The van der Waals surface area contributed by atoms with Crippen LogP contribution in [0.4, 0.5) is 5.95 Å². The number of nitrogens with one attached hydrogen (secondary N) is 1. The number of rotatable bonds is 5. The Labute approximate surface area is 225 Å². The zero-order chi connectivity index (χ0) is 27.3. The van der Waals surface area contributed by atoms with E-state index in [1.165, 1.54) is 4.90 Å². The van der Waals surface area contributed by atoms with Crippen LogP contribution in [0.1, 0.15) is 48.6 Å². The van der Waals surface area contributed by atoms with Gasteiger partial charge in [-0.3, -0.25) is 14.5 Å². The average molecular weight is 524 g/mol. The van der Waals surface area contributed by atoms with Crippen LogP contribution < -0.4 is 14.4 Å². The second kappa shape index (κ2) is 9.62. The number of aromatic amines is 1. The van der Waals surface area contributed by atoms with Crippen LogP contribution in [0.25, 0.3) is 16.8 Å². The molecule has 4 aromatic rings. The first kappa shape index (κ1) is 24.7. The molecule has 2 N–H and O–H groups in total. The summed E-state index contributed by atoms with van der Waals surface area (Å²) in [6.07, 6.45) is 1.68. The van der Waals surface area contributed by atoms with E-state index in [9.17, 15) is 14.7 Å². The molecule has 0 bridgehead atoms. The van der Waals surface area contributed by atoms with Gasteiger partial charge in [0, 0.05) is 5.56 Å². The molecule has 0 aliphatic carbocycles. The molecule has 1 amide bonds. The van der Waals surface area contributed by atoms with Crippen molar-refractivity contribution in [2.24, 2.45) is 0 Å². The Balaban J connectivity index is 1.51. The smallest absolute Gasteiger partial charge is 0.302 e. The molecule has 6 rings (SSSR count). The van der Waals surface area contributed by atoms with Gasteiger partial charge in [-0.05, 0) is 92.8 Å². The third kappa shape index (κ3) is 4.41. The Morgan fingerprint density at radius 1 is 1.10 bits per heavy atom. The van der Waals surface area contributed by atoms with Crippen LogP contribution in [0.5, 0.6) is 11.5 Å². The first-order valence-corrected chi connectivity index (χ1v) is 13.1. The van der Waals surface area contributed by atoms with E-state index < -0.39 is 17.7 Å². The summed E-state index contributed by atoms with van der Waals surface area (Å²) in [5.41, 5.74) is 4.53. The van der Waals surface area contributed by atoms with Crippen molar-refractivity contribution in [3.05, 3.63) is 88.5 Å². The molecular weight excluding hydrogens is 494 g/mol. The van der Waals surface area contributed by atoms with Gasteiger partial charge in [0.2, 0.25) is 5.95 Å². The number of ether oxygens (including phenoxy) is 2. The van der Waals surface area contributed by atoms with E-state index in [0.717, 1.165) is 35.2 Å². The molecule has 2 aliphatic heterocycles. The van der Waals surface area contributed by atoms with Crippen LogP contribution in [-0.4, -0.2) is 39.5 Å². The number of imidazole rings is 1. The van der Waals surface area contributed by atoms with Crippen molar-refractivity contribution in [1.29, 1.82) is 0 Å². The molecular formula is C31H29N3O5. The maximum absolute atomic E-state index is 13.6. The van der Waals surface area contributed by atoms with E-state index in [0.29, 0.717) is 29.0 Å². The van der Waals surface area contributed by atoms with Crippen molar-refractivity contribution < 1.29 is 24.2 Å². The van der Waals surface area contributed by atoms with Gasteiger partial charge >= 0.3 is 5.91 Å². The van der Waals surface area contributed by atoms with Gasteiger partial charge < -0.3 is 19.6 Å². The molecule has 8 nitrogen and oxygen atoms in total. The fourth-order valence-electron chi connectivity index (χ4n) is 5.25. The molecule has 1 saturated heterocycles. The number of aliphatic hydroxyl groups is 1. The molecule has 0 spiro atoms. The van der Waals surface area contributed by atoms with E-state index >= 15 is 0 Å². The Hall–Kier alpha value is -4.59. The van der Waals surface area contributed by atoms with Crippen LogP contribution in [0.15, 0.2) is 66.2 Å². The summed E-state index contributed by atoms with van der Waals surface area (Å²) in [7, 11) is 0. The minimum Gasteiger partial charge on any atom is -0.507 e. The first-order valence-electron chi connectivity index (χ1n) is 13.1. The molecule has 8 heteroatoms. The lowest BCUT2D eigenvalue weighted by Crippen LogP contribution is -2.30. The number of Topliss-reactive ketones (excluding diaryl/α,β-unsaturated/α-hetero) is 1. The maximum Gasteiger partial charge on any atom is 0.302 e. The fraction of sp³-hybridized carbons (Fsp3) is 0.258. The number of anilines is 1. The van der Waals surface area contributed by atoms with E-state index in [4.69, 9.17) is 9.47 Å². The van der Waals surface area contributed by atoms with E-state index in [1.54, 1.807) is 24.3 Å². The van der Waals surface area contributed by atoms with Crippen molar-refractivity contribution in [1.82, 2.24) is 9.97 Å². The lowest BCUT2D eigenvalue weighted by molar-refractivity contribution is -0.132. The Morgan fingerprint density at radius 2 is 1.90 bits per heavy atom. The summed E-state index contributed by atoms with van der Waals surface area (Å²) in [4.78, 5) is 36.3. The number of amides is 1. The van der Waals surface area contributed by atoms with Crippen LogP contribution in [-0.2, 0) is 16.0 Å². The molecule has 0 saturated carbocycles. The number of fused-ring (bicyclic) bond motifs is 2. The predicted molar refractivity (Wildman–Crippen MR) is 148 cm³/mol. The van der Waals surface area contributed by atoms with Gasteiger partial charge in [-0.1, -0.05) is 18.2 Å². The number of H-pyrrole nitrogens is 1. The van der Waals surface area contributed by atoms with E-state index in [1.807, 2.05) is 57.2 Å². The normalized spacial score (nSPS) is 18.5. The molecule has 1 aromatic heterocycles. The van der Waals surface area contributed by atoms with Gasteiger partial charge in [-0.25, -0.2) is 4.98 Å². The number of carbonyl (C=O) groups is 2. The largest absolute Gasteiger partial charge is 0.507 e. The Bertz CT molecular complexity index is 1630. The summed E-state index contributed by atoms with van der Waals surface area (Å²) < 4.78 is 11.5. The predicted octanol–water partition coefficient (Wildman–Crippen LogP) is 5.61. The molecule has 3 aromatic carbocycles. The third-order valence-electron chi connectivity index (χ3n) is 7.05. The molecule has 1 fully saturated rings. The summed E-state index contributed by atoms with van der Waals surface area (Å²) in [5.74, 6) is -0.0914. The summed E-state index contributed by atoms with van der Waals surface area (Å²) in [6, 6.07) is 17.4. The number of aryl methyl sites for hydroxylation is 2. The molecule has 39 heavy (non-hydrogen) atoms. The number of hydrogen-bond donors (Lipinski definition) is 2. The highest BCUT2D eigenvalue weighted by Gasteiger charge is 2.48. The zero-order valence-corrected chi connectivity index (χ0v) is 22.0. The zero-order valence-electron chi connectivity index (χ0n) is 22.0. The molecule has 1 atom stereocenters. The Morgan fingerprint density at radius 3 is 2.67 bits per heavy atom. The highest BCUT2D eigenvalue weighted by atomic mass is 16.5. The van der Waals surface area contributed by atoms with Gasteiger partial charge in [0.15, 0.2) is 0 Å². The second-order valence-corrected chi connectivity index (χ2v) is 10.3. The molecule has 3 heterocycles. The monoisotopic (exact) mass is 523 g/mol. The van der Waals surface area contributed by atoms with E-state index in [2.05, 4.69) is 9.97 Å². The van der Waals surface area contributed by atoms with Crippen molar-refractivity contribution in [3.63, 3.8) is 0 Å². The number of benzene rings is 3. The number of aliphatic hydroxyl groups excluding tert-OH is 1. The molecule has 0 radical (unpaired) electrons. The van der Waals surface area contributed by atoms with Crippen molar-refractivity contribution in [3.8, 4) is 11.5 Å². The quantitative estimate of drug-likeness (QED) is 0.200. The summed E-state index contributed by atoms with van der Waals surface area (Å²) in [5, 5.41) is 11.5. The highest BCUT2D eigenvalue weighted by molar-refractivity contribution is 6.51. The first-order chi connectivity index (χ1) is 18.8. The molecule has 2 aliphatic rings. The number of aromatic nitrogens is 2. The van der Waals surface area contributed by atoms with Gasteiger partial charge in [0.25, 0.3) is 5.78 Å². The summed E-state index contributed by atoms with van der Waals surface area (Å²) in [6.45, 7) is 6.50. The lowest BCUT2D eigenvalue weighted by Gasteiger charge is -2.23. The second-order valence-electron chi connectivity index (χ2n) is 10.3. The number of carbonyl (C=O) groups excluding carboxylic acids is 2. The van der Waals surface area contributed by atoms with Gasteiger partial charge in [0.05, 0.1) is 35.4 Å². The van der Waals surface area contributed by atoms with Crippen LogP contribution in [0.2, 0.25) is 0 Å². The molecule has 198 valence electrons. The average Bonchev–Trinajstić information content (AvgIpc) is 3.45. The van der Waals surface area contributed by atoms with Crippen LogP contribution >= 0.6 is 0 Å². The van der Waals surface area contributed by atoms with Crippen LogP contribution in [0.3, 0.4) is 0 Å². The van der Waals surface area contributed by atoms with Gasteiger partial charge in [-0.15, -0.1) is 0 Å². The standard InChI is InChI=1S/C31H29N3O5/c1-17(2)39-22-10-7-19(8-11-22)27-26(28(35)21-9-13-25-20(16-21)5-4-14-38-25)29(36)30(37)34(27)31-32-23-12-6-18(3)15-24(23)33-31/h6-13,15-17,27,35H,4-5,14H2,1-3H3,(H,32,33)/b28-26+. The topological polar surface area (TPSA) is 105 Å². The number of hydrogen-bond acceptors (Lipinski definition) is 6. The van der Waals surface area contributed by atoms with Gasteiger partial charge in [-0.2, -0.15) is 0 Å².